The van der Waals surface area contributed by atoms with Gasteiger partial charge in [-0.2, -0.15) is 13.2 Å². The summed E-state index contributed by atoms with van der Waals surface area (Å²) < 4.78 is 58.3. The summed E-state index contributed by atoms with van der Waals surface area (Å²) in [5.74, 6) is 0.105. The van der Waals surface area contributed by atoms with Crippen LogP contribution in [0.3, 0.4) is 0 Å². The van der Waals surface area contributed by atoms with Crippen molar-refractivity contribution in [3.05, 3.63) is 65.0 Å². The first kappa shape index (κ1) is 25.2. The molecule has 1 fully saturated rings. The molecule has 0 radical (unpaired) electrons. The predicted octanol–water partition coefficient (Wildman–Crippen LogP) is 4.16. The lowest BCUT2D eigenvalue weighted by atomic mass is 10.1. The summed E-state index contributed by atoms with van der Waals surface area (Å²) in [6.45, 7) is 2.96. The molecule has 0 aromatic heterocycles. The molecule has 1 aliphatic heterocycles. The van der Waals surface area contributed by atoms with Crippen LogP contribution < -0.4 is 15.5 Å². The van der Waals surface area contributed by atoms with Gasteiger partial charge in [0.2, 0.25) is 0 Å². The molecular weight excluding hydrogens is 527 g/mol. The lowest BCUT2D eigenvalue weighted by molar-refractivity contribution is -0.137. The molecule has 170 valence electrons. The second-order valence-corrected chi connectivity index (χ2v) is 6.86. The van der Waals surface area contributed by atoms with Crippen LogP contribution in [0.2, 0.25) is 0 Å². The van der Waals surface area contributed by atoms with E-state index >= 15 is 0 Å². The standard InChI is InChI=1S/C21H24F4N4O.HI/c1-26-20(27-13-15-3-2-4-17(11-15)21(23,24)25)28-14-16-5-6-19(18(22)12-16)29-7-9-30-10-8-29;/h2-6,11-12H,7-10,13-14H2,1H3,(H2,26,27,28);1H. The predicted molar refractivity (Wildman–Crippen MR) is 123 cm³/mol. The summed E-state index contributed by atoms with van der Waals surface area (Å²) in [6.07, 6.45) is -4.38. The monoisotopic (exact) mass is 552 g/mol. The fourth-order valence-electron chi connectivity index (χ4n) is 3.17. The van der Waals surface area contributed by atoms with Gasteiger partial charge in [0.25, 0.3) is 0 Å². The Morgan fingerprint density at radius 1 is 1.03 bits per heavy atom. The Balaban J connectivity index is 0.00000341. The number of hydrogen-bond donors (Lipinski definition) is 2. The Hall–Kier alpha value is -2.08. The minimum atomic E-state index is -4.38. The molecule has 2 aromatic carbocycles. The highest BCUT2D eigenvalue weighted by Gasteiger charge is 2.30. The van der Waals surface area contributed by atoms with Gasteiger partial charge >= 0.3 is 6.18 Å². The van der Waals surface area contributed by atoms with Crippen molar-refractivity contribution < 1.29 is 22.3 Å². The largest absolute Gasteiger partial charge is 0.416 e. The molecule has 31 heavy (non-hydrogen) atoms. The summed E-state index contributed by atoms with van der Waals surface area (Å²) in [6, 6.07) is 10.2. The van der Waals surface area contributed by atoms with Gasteiger partial charge in [-0.15, -0.1) is 24.0 Å². The molecule has 0 unspecified atom stereocenters. The molecule has 0 amide bonds. The number of nitrogens with zero attached hydrogens (tertiary/aromatic N) is 2. The number of alkyl halides is 3. The van der Waals surface area contributed by atoms with E-state index in [4.69, 9.17) is 4.74 Å². The van der Waals surface area contributed by atoms with Crippen molar-refractivity contribution in [2.75, 3.05) is 38.3 Å². The van der Waals surface area contributed by atoms with Crippen molar-refractivity contribution in [3.63, 3.8) is 0 Å². The van der Waals surface area contributed by atoms with Crippen LogP contribution in [0.25, 0.3) is 0 Å². The summed E-state index contributed by atoms with van der Waals surface area (Å²) in [5.41, 5.74) is 1.06. The van der Waals surface area contributed by atoms with Crippen LogP contribution in [0.4, 0.5) is 23.2 Å². The van der Waals surface area contributed by atoms with E-state index in [1.807, 2.05) is 11.0 Å². The number of rotatable bonds is 5. The van der Waals surface area contributed by atoms with Crippen molar-refractivity contribution in [3.8, 4) is 0 Å². The van der Waals surface area contributed by atoms with Crippen LogP contribution in [-0.2, 0) is 24.0 Å². The molecule has 5 nitrogen and oxygen atoms in total. The molecule has 0 atom stereocenters. The highest BCUT2D eigenvalue weighted by molar-refractivity contribution is 14.0. The smallest absolute Gasteiger partial charge is 0.378 e. The summed E-state index contributed by atoms with van der Waals surface area (Å²) in [4.78, 5) is 6.01. The SMILES string of the molecule is CN=C(NCc1cccc(C(F)(F)F)c1)NCc1ccc(N2CCOCC2)c(F)c1.I. The zero-order valence-corrected chi connectivity index (χ0v) is 19.3. The van der Waals surface area contributed by atoms with Crippen molar-refractivity contribution >= 4 is 35.6 Å². The van der Waals surface area contributed by atoms with Gasteiger partial charge in [-0.3, -0.25) is 4.99 Å². The fourth-order valence-corrected chi connectivity index (χ4v) is 3.17. The third-order valence-corrected chi connectivity index (χ3v) is 4.76. The zero-order chi connectivity index (χ0) is 21.6. The number of halogens is 5. The summed E-state index contributed by atoms with van der Waals surface area (Å²) in [5, 5.41) is 6.01. The third kappa shape index (κ3) is 7.23. The van der Waals surface area contributed by atoms with Crippen molar-refractivity contribution in [1.29, 1.82) is 0 Å². The van der Waals surface area contributed by atoms with Crippen LogP contribution in [0.1, 0.15) is 16.7 Å². The maximum absolute atomic E-state index is 14.5. The Labute approximate surface area is 195 Å². The van der Waals surface area contributed by atoms with Crippen LogP contribution in [0, 0.1) is 5.82 Å². The number of anilines is 1. The van der Waals surface area contributed by atoms with Gasteiger partial charge in [-0.25, -0.2) is 4.39 Å². The van der Waals surface area contributed by atoms with E-state index in [2.05, 4.69) is 15.6 Å². The van der Waals surface area contributed by atoms with Crippen LogP contribution >= 0.6 is 24.0 Å². The molecule has 2 N–H and O–H groups in total. The van der Waals surface area contributed by atoms with E-state index in [1.54, 1.807) is 19.2 Å². The summed E-state index contributed by atoms with van der Waals surface area (Å²) in [7, 11) is 1.56. The number of nitrogens with one attached hydrogen (secondary N) is 2. The topological polar surface area (TPSA) is 48.9 Å². The highest BCUT2D eigenvalue weighted by atomic mass is 127. The van der Waals surface area contributed by atoms with E-state index in [0.29, 0.717) is 50.1 Å². The Morgan fingerprint density at radius 2 is 1.68 bits per heavy atom. The van der Waals surface area contributed by atoms with Gasteiger partial charge in [-0.05, 0) is 35.4 Å². The normalized spacial score (nSPS) is 14.7. The Bertz CT molecular complexity index is 886. The summed E-state index contributed by atoms with van der Waals surface area (Å²) >= 11 is 0. The molecule has 1 saturated heterocycles. The highest BCUT2D eigenvalue weighted by Crippen LogP contribution is 2.29. The van der Waals surface area contributed by atoms with E-state index < -0.39 is 11.7 Å². The molecule has 1 heterocycles. The minimum absolute atomic E-state index is 0. The van der Waals surface area contributed by atoms with Gasteiger partial charge in [0.1, 0.15) is 5.82 Å². The van der Waals surface area contributed by atoms with E-state index in [-0.39, 0.29) is 36.3 Å². The number of benzene rings is 2. The third-order valence-electron chi connectivity index (χ3n) is 4.76. The van der Waals surface area contributed by atoms with Crippen molar-refractivity contribution in [1.82, 2.24) is 10.6 Å². The zero-order valence-electron chi connectivity index (χ0n) is 17.0. The molecular formula is C21H25F4IN4O. The number of ether oxygens (including phenoxy) is 1. The molecule has 2 aromatic rings. The lowest BCUT2D eigenvalue weighted by Crippen LogP contribution is -2.37. The number of morpholine rings is 1. The van der Waals surface area contributed by atoms with Crippen LogP contribution in [-0.4, -0.2) is 39.3 Å². The maximum atomic E-state index is 14.5. The molecule has 0 spiro atoms. The van der Waals surface area contributed by atoms with Gasteiger partial charge in [0.15, 0.2) is 5.96 Å². The molecule has 3 rings (SSSR count). The van der Waals surface area contributed by atoms with E-state index in [0.717, 1.165) is 17.7 Å². The lowest BCUT2D eigenvalue weighted by Gasteiger charge is -2.29. The second-order valence-electron chi connectivity index (χ2n) is 6.86. The van der Waals surface area contributed by atoms with Crippen molar-refractivity contribution in [2.24, 2.45) is 4.99 Å². The van der Waals surface area contributed by atoms with Gasteiger partial charge in [0.05, 0.1) is 24.5 Å². The number of guanidine groups is 1. The first-order valence-corrected chi connectivity index (χ1v) is 9.58. The molecule has 1 aliphatic rings. The molecule has 0 saturated carbocycles. The molecule has 0 bridgehead atoms. The van der Waals surface area contributed by atoms with Gasteiger partial charge < -0.3 is 20.3 Å². The van der Waals surface area contributed by atoms with Crippen LogP contribution in [0.15, 0.2) is 47.5 Å². The second kappa shape index (κ2) is 11.5. The Morgan fingerprint density at radius 3 is 2.26 bits per heavy atom. The van der Waals surface area contributed by atoms with Crippen LogP contribution in [0.5, 0.6) is 0 Å². The van der Waals surface area contributed by atoms with Gasteiger partial charge in [-0.1, -0.05) is 18.2 Å². The van der Waals surface area contributed by atoms with Crippen molar-refractivity contribution in [2.45, 2.75) is 19.3 Å². The average Bonchev–Trinajstić information content (AvgIpc) is 2.74. The quantitative estimate of drug-likeness (QED) is 0.253. The van der Waals surface area contributed by atoms with E-state index in [9.17, 15) is 17.6 Å². The number of hydrogen-bond acceptors (Lipinski definition) is 3. The average molecular weight is 552 g/mol. The first-order valence-electron chi connectivity index (χ1n) is 9.58. The first-order chi connectivity index (χ1) is 14.4. The van der Waals surface area contributed by atoms with Gasteiger partial charge in [0, 0.05) is 33.2 Å². The molecule has 10 heteroatoms. The maximum Gasteiger partial charge on any atom is 0.416 e. The number of aliphatic imine (C=N–C) groups is 1. The van der Waals surface area contributed by atoms with E-state index in [1.165, 1.54) is 12.1 Å². The fraction of sp³-hybridized carbons (Fsp3) is 0.381. The Kier molecular flexibility index (Phi) is 9.35. The molecule has 0 aliphatic carbocycles. The minimum Gasteiger partial charge on any atom is -0.378 e.